The van der Waals surface area contributed by atoms with Crippen molar-refractivity contribution in [1.82, 2.24) is 0 Å². The highest BCUT2D eigenvalue weighted by atomic mass is 16.6. The van der Waals surface area contributed by atoms with Gasteiger partial charge in [0.25, 0.3) is 0 Å². The minimum Gasteiger partial charge on any atom is -0.481 e. The van der Waals surface area contributed by atoms with Gasteiger partial charge in [-0.3, -0.25) is 4.79 Å². The molecule has 5 nitrogen and oxygen atoms in total. The first-order chi connectivity index (χ1) is 15.5. The average Bonchev–Trinajstić information content (AvgIpc) is 3.15. The summed E-state index contributed by atoms with van der Waals surface area (Å²) in [6, 6.07) is 10.3. The average molecular weight is 444 g/mol. The Labute approximate surface area is 194 Å². The molecule has 0 amide bonds. The van der Waals surface area contributed by atoms with Crippen molar-refractivity contribution < 1.29 is 24.3 Å². The van der Waals surface area contributed by atoms with E-state index in [0.29, 0.717) is 24.9 Å². The first kappa shape index (κ1) is 26.6. The summed E-state index contributed by atoms with van der Waals surface area (Å²) in [7, 11) is -0.206. The number of aliphatic hydroxyl groups excluding tert-OH is 1. The lowest BCUT2D eigenvalue weighted by atomic mass is 9.85. The van der Waals surface area contributed by atoms with E-state index in [0.717, 1.165) is 51.4 Å². The molecule has 1 aromatic rings. The molecule has 32 heavy (non-hydrogen) atoms. The number of benzene rings is 1. The molecule has 1 aliphatic carbocycles. The molecule has 1 fully saturated rings. The summed E-state index contributed by atoms with van der Waals surface area (Å²) >= 11 is 0. The van der Waals surface area contributed by atoms with E-state index in [2.05, 4.69) is 24.3 Å². The van der Waals surface area contributed by atoms with Gasteiger partial charge in [-0.15, -0.1) is 0 Å². The Balaban J connectivity index is 1.83. The van der Waals surface area contributed by atoms with Crippen LogP contribution in [0.4, 0.5) is 0 Å². The SMILES string of the molecule is CCOB(C)O[C@H]1CC[C@H](CC[C@@H](O)CCc2ccccc2)[C@H]1C/C=C\CCCC(=O)O. The van der Waals surface area contributed by atoms with E-state index >= 15 is 0 Å². The lowest BCUT2D eigenvalue weighted by molar-refractivity contribution is -0.137. The van der Waals surface area contributed by atoms with Crippen LogP contribution in [0.3, 0.4) is 0 Å². The minimum absolute atomic E-state index is 0.173. The fourth-order valence-electron chi connectivity index (χ4n) is 4.77. The van der Waals surface area contributed by atoms with Crippen LogP contribution >= 0.6 is 0 Å². The zero-order chi connectivity index (χ0) is 23.2. The van der Waals surface area contributed by atoms with Crippen LogP contribution in [0.2, 0.25) is 6.82 Å². The molecule has 0 aliphatic heterocycles. The summed E-state index contributed by atoms with van der Waals surface area (Å²) in [4.78, 5) is 10.7. The second kappa shape index (κ2) is 15.3. The molecule has 0 spiro atoms. The predicted octanol–water partition coefficient (Wildman–Crippen LogP) is 5.53. The van der Waals surface area contributed by atoms with Gasteiger partial charge in [0.1, 0.15) is 0 Å². The topological polar surface area (TPSA) is 76.0 Å². The molecule has 2 N–H and O–H groups in total. The number of carbonyl (C=O) groups is 1. The zero-order valence-electron chi connectivity index (χ0n) is 19.8. The quantitative estimate of drug-likeness (QED) is 0.199. The minimum atomic E-state index is -0.738. The number of allylic oxidation sites excluding steroid dienone is 2. The lowest BCUT2D eigenvalue weighted by Crippen LogP contribution is -2.30. The van der Waals surface area contributed by atoms with Gasteiger partial charge in [0, 0.05) is 19.1 Å². The van der Waals surface area contributed by atoms with E-state index in [1.54, 1.807) is 0 Å². The highest BCUT2D eigenvalue weighted by Crippen LogP contribution is 2.40. The molecule has 0 unspecified atom stereocenters. The van der Waals surface area contributed by atoms with Gasteiger partial charge in [0.05, 0.1) is 6.10 Å². The maximum absolute atomic E-state index is 10.7. The van der Waals surface area contributed by atoms with E-state index in [4.69, 9.17) is 14.4 Å². The standard InChI is InChI=1S/C26H41BO5/c1-3-31-27(2)32-25-20-17-22(24(25)13-9-4-5-10-14-26(29)30)16-19-23(28)18-15-21-11-7-6-8-12-21/h4,6-9,11-12,22-25,28H,3,5,10,13-20H2,1-2H3,(H,29,30)/b9-4-/t22-,23-,24+,25-/m0/s1. The number of rotatable bonds is 16. The van der Waals surface area contributed by atoms with Crippen molar-refractivity contribution in [1.29, 1.82) is 0 Å². The lowest BCUT2D eigenvalue weighted by Gasteiger charge is -2.26. The highest BCUT2D eigenvalue weighted by molar-refractivity contribution is 6.42. The molecule has 2 rings (SSSR count). The highest BCUT2D eigenvalue weighted by Gasteiger charge is 2.37. The number of unbranched alkanes of at least 4 members (excludes halogenated alkanes) is 1. The van der Waals surface area contributed by atoms with Gasteiger partial charge < -0.3 is 19.5 Å². The van der Waals surface area contributed by atoms with E-state index in [1.165, 1.54) is 5.56 Å². The molecule has 0 radical (unpaired) electrons. The van der Waals surface area contributed by atoms with Crippen LogP contribution in [0.5, 0.6) is 0 Å². The number of aryl methyl sites for hydroxylation is 1. The Hall–Kier alpha value is -1.63. The van der Waals surface area contributed by atoms with Crippen LogP contribution in [-0.4, -0.2) is 42.1 Å². The van der Waals surface area contributed by atoms with Gasteiger partial charge >= 0.3 is 13.1 Å². The van der Waals surface area contributed by atoms with Crippen molar-refractivity contribution in [3.05, 3.63) is 48.0 Å². The summed E-state index contributed by atoms with van der Waals surface area (Å²) in [5.41, 5.74) is 1.27. The summed E-state index contributed by atoms with van der Waals surface area (Å²) in [5, 5.41) is 19.3. The van der Waals surface area contributed by atoms with Crippen LogP contribution in [0.1, 0.15) is 70.3 Å². The molecule has 4 atom stereocenters. The third-order valence-electron chi connectivity index (χ3n) is 6.49. The third-order valence-corrected chi connectivity index (χ3v) is 6.49. The maximum Gasteiger partial charge on any atom is 0.453 e. The summed E-state index contributed by atoms with van der Waals surface area (Å²) in [6.45, 7) is 4.58. The molecule has 0 bridgehead atoms. The fourth-order valence-corrected chi connectivity index (χ4v) is 4.77. The Morgan fingerprint density at radius 1 is 1.22 bits per heavy atom. The molecular weight excluding hydrogens is 403 g/mol. The van der Waals surface area contributed by atoms with Crippen molar-refractivity contribution in [3.8, 4) is 0 Å². The predicted molar refractivity (Wildman–Crippen MR) is 130 cm³/mol. The first-order valence-electron chi connectivity index (χ1n) is 12.3. The molecular formula is C26H41BO5. The monoisotopic (exact) mass is 444 g/mol. The molecule has 1 aromatic carbocycles. The number of carboxylic acid groups (broad SMARTS) is 1. The van der Waals surface area contributed by atoms with Gasteiger partial charge in [0.15, 0.2) is 0 Å². The second-order valence-corrected chi connectivity index (χ2v) is 8.95. The maximum atomic E-state index is 10.7. The van der Waals surface area contributed by atoms with E-state index < -0.39 is 5.97 Å². The Morgan fingerprint density at radius 2 is 2.00 bits per heavy atom. The van der Waals surface area contributed by atoms with E-state index in [9.17, 15) is 9.90 Å². The summed E-state index contributed by atoms with van der Waals surface area (Å²) in [6.07, 6.45) is 12.5. The largest absolute Gasteiger partial charge is 0.481 e. The first-order valence-corrected chi connectivity index (χ1v) is 12.3. The van der Waals surface area contributed by atoms with Crippen LogP contribution in [0, 0.1) is 11.8 Å². The number of aliphatic carboxylic acids is 1. The Bertz CT molecular complexity index is 665. The van der Waals surface area contributed by atoms with Gasteiger partial charge in [-0.05, 0) is 88.9 Å². The zero-order valence-corrected chi connectivity index (χ0v) is 19.8. The molecule has 0 saturated heterocycles. The van der Waals surface area contributed by atoms with Gasteiger partial charge in [-0.1, -0.05) is 42.5 Å². The molecule has 178 valence electrons. The van der Waals surface area contributed by atoms with Crippen molar-refractivity contribution in [2.75, 3.05) is 6.61 Å². The molecule has 1 aliphatic rings. The van der Waals surface area contributed by atoms with Crippen LogP contribution in [0.15, 0.2) is 42.5 Å². The van der Waals surface area contributed by atoms with Crippen LogP contribution < -0.4 is 0 Å². The van der Waals surface area contributed by atoms with Crippen LogP contribution in [0.25, 0.3) is 0 Å². The molecule has 1 saturated carbocycles. The van der Waals surface area contributed by atoms with Crippen molar-refractivity contribution in [2.24, 2.45) is 11.8 Å². The third kappa shape index (κ3) is 10.3. The Kier molecular flexibility index (Phi) is 12.7. The summed E-state index contributed by atoms with van der Waals surface area (Å²) in [5.74, 6) is 0.206. The molecule has 0 heterocycles. The fraction of sp³-hybridized carbons (Fsp3) is 0.654. The Morgan fingerprint density at radius 3 is 2.72 bits per heavy atom. The smallest absolute Gasteiger partial charge is 0.453 e. The molecule has 6 heteroatoms. The van der Waals surface area contributed by atoms with Crippen LogP contribution in [-0.2, 0) is 20.5 Å². The number of hydrogen-bond donors (Lipinski definition) is 2. The van der Waals surface area contributed by atoms with Gasteiger partial charge in [-0.25, -0.2) is 0 Å². The normalized spacial score (nSPS) is 21.8. The number of hydrogen-bond acceptors (Lipinski definition) is 4. The molecule has 0 aromatic heterocycles. The summed E-state index contributed by atoms with van der Waals surface area (Å²) < 4.78 is 11.8. The van der Waals surface area contributed by atoms with Crippen molar-refractivity contribution >= 4 is 13.1 Å². The van der Waals surface area contributed by atoms with Crippen molar-refractivity contribution in [3.63, 3.8) is 0 Å². The number of aliphatic hydroxyl groups is 1. The van der Waals surface area contributed by atoms with Gasteiger partial charge in [0.2, 0.25) is 0 Å². The second-order valence-electron chi connectivity index (χ2n) is 8.95. The van der Waals surface area contributed by atoms with Gasteiger partial charge in [-0.2, -0.15) is 0 Å². The van der Waals surface area contributed by atoms with Crippen molar-refractivity contribution in [2.45, 2.75) is 90.2 Å². The van der Waals surface area contributed by atoms with E-state index in [-0.39, 0.29) is 25.7 Å². The number of carboxylic acids is 1. The van der Waals surface area contributed by atoms with E-state index in [1.807, 2.05) is 31.9 Å².